The molecule has 1 aromatic rings. The van der Waals surface area contributed by atoms with Crippen molar-refractivity contribution in [3.05, 3.63) is 23.8 Å². The maximum Gasteiger partial charge on any atom is 0.274 e. The molecule has 2 saturated heterocycles. The second-order valence-corrected chi connectivity index (χ2v) is 7.95. The minimum absolute atomic E-state index is 0.103. The molecule has 2 aliphatic heterocycles. The van der Waals surface area contributed by atoms with Crippen molar-refractivity contribution < 1.29 is 9.59 Å². The lowest BCUT2D eigenvalue weighted by atomic mass is 9.77. The molecule has 0 N–H and O–H groups in total. The summed E-state index contributed by atoms with van der Waals surface area (Å²) in [7, 11) is 0. The summed E-state index contributed by atoms with van der Waals surface area (Å²) in [6.45, 7) is 4.81. The highest BCUT2D eigenvalue weighted by Gasteiger charge is 2.49. The van der Waals surface area contributed by atoms with Gasteiger partial charge in [-0.2, -0.15) is 0 Å². The Bertz CT molecular complexity index is 671. The fourth-order valence-electron chi connectivity index (χ4n) is 4.40. The van der Waals surface area contributed by atoms with E-state index in [0.29, 0.717) is 24.7 Å². The molecule has 1 saturated carbocycles. The van der Waals surface area contributed by atoms with Gasteiger partial charge in [-0.05, 0) is 44.9 Å². The number of likely N-dealkylation sites (tertiary alicyclic amines) is 2. The van der Waals surface area contributed by atoms with Crippen molar-refractivity contribution in [2.45, 2.75) is 45.4 Å². The second kappa shape index (κ2) is 6.39. The van der Waals surface area contributed by atoms with E-state index in [1.807, 2.05) is 6.92 Å². The SMILES string of the molecule is Cc1cnc(C(=O)N2CCC3(CCCN(CC4CCC4)C3=O)C2)cn1. The number of carbonyl (C=O) groups is 2. The van der Waals surface area contributed by atoms with E-state index < -0.39 is 0 Å². The minimum Gasteiger partial charge on any atom is -0.342 e. The van der Waals surface area contributed by atoms with Crippen LogP contribution in [0, 0.1) is 18.3 Å². The molecule has 1 atom stereocenters. The van der Waals surface area contributed by atoms with E-state index >= 15 is 0 Å². The van der Waals surface area contributed by atoms with E-state index in [1.54, 1.807) is 11.1 Å². The number of nitrogens with zero attached hydrogens (tertiary/aromatic N) is 4. The van der Waals surface area contributed by atoms with Crippen molar-refractivity contribution in [3.63, 3.8) is 0 Å². The standard InChI is InChI=1S/C19H26N4O2/c1-14-10-21-16(11-20-14)17(24)23-9-7-19(13-23)6-3-8-22(18(19)25)12-15-4-2-5-15/h10-11,15H,2-9,12-13H2,1H3. The van der Waals surface area contributed by atoms with Gasteiger partial charge in [0.15, 0.2) is 0 Å². The first-order valence-corrected chi connectivity index (χ1v) is 9.45. The molecule has 3 fully saturated rings. The molecule has 0 aromatic carbocycles. The van der Waals surface area contributed by atoms with Gasteiger partial charge in [0.25, 0.3) is 5.91 Å². The number of rotatable bonds is 3. The number of hydrogen-bond acceptors (Lipinski definition) is 4. The zero-order chi connectivity index (χ0) is 17.4. The molecule has 1 spiro atoms. The highest BCUT2D eigenvalue weighted by Crippen LogP contribution is 2.41. The summed E-state index contributed by atoms with van der Waals surface area (Å²) in [5.74, 6) is 0.866. The van der Waals surface area contributed by atoms with Crippen LogP contribution in [0.1, 0.15) is 54.7 Å². The summed E-state index contributed by atoms with van der Waals surface area (Å²) in [6.07, 6.45) is 9.69. The van der Waals surface area contributed by atoms with Crippen LogP contribution in [0.4, 0.5) is 0 Å². The molecule has 2 amide bonds. The fraction of sp³-hybridized carbons (Fsp3) is 0.684. The van der Waals surface area contributed by atoms with Gasteiger partial charge in [0.2, 0.25) is 5.91 Å². The van der Waals surface area contributed by atoms with Crippen molar-refractivity contribution in [1.82, 2.24) is 19.8 Å². The van der Waals surface area contributed by atoms with Crippen molar-refractivity contribution in [2.24, 2.45) is 11.3 Å². The van der Waals surface area contributed by atoms with E-state index in [9.17, 15) is 9.59 Å². The van der Waals surface area contributed by atoms with Crippen LogP contribution in [0.3, 0.4) is 0 Å². The largest absolute Gasteiger partial charge is 0.342 e. The molecule has 4 rings (SSSR count). The summed E-state index contributed by atoms with van der Waals surface area (Å²) in [4.78, 5) is 38.1. The third-order valence-electron chi connectivity index (χ3n) is 6.17. The molecular weight excluding hydrogens is 316 g/mol. The molecule has 6 nitrogen and oxygen atoms in total. The Kier molecular flexibility index (Phi) is 4.21. The predicted molar refractivity (Wildman–Crippen MR) is 92.9 cm³/mol. The van der Waals surface area contributed by atoms with Crippen LogP contribution in [0.25, 0.3) is 0 Å². The first-order valence-electron chi connectivity index (χ1n) is 9.45. The summed E-state index contributed by atoms with van der Waals surface area (Å²) in [5.41, 5.74) is 0.802. The molecule has 6 heteroatoms. The van der Waals surface area contributed by atoms with Gasteiger partial charge in [-0.25, -0.2) is 4.98 Å². The van der Waals surface area contributed by atoms with Crippen LogP contribution in [0.2, 0.25) is 0 Å². The van der Waals surface area contributed by atoms with Crippen LogP contribution in [-0.2, 0) is 4.79 Å². The first-order chi connectivity index (χ1) is 12.1. The van der Waals surface area contributed by atoms with Crippen LogP contribution >= 0.6 is 0 Å². The average Bonchev–Trinajstić information content (AvgIpc) is 3.00. The van der Waals surface area contributed by atoms with Crippen LogP contribution in [-0.4, -0.2) is 57.8 Å². The molecule has 25 heavy (non-hydrogen) atoms. The lowest BCUT2D eigenvalue weighted by Gasteiger charge is -2.42. The molecule has 3 heterocycles. The topological polar surface area (TPSA) is 66.4 Å². The number of amides is 2. The van der Waals surface area contributed by atoms with Gasteiger partial charge in [-0.15, -0.1) is 0 Å². The maximum absolute atomic E-state index is 13.1. The van der Waals surface area contributed by atoms with Crippen molar-refractivity contribution in [3.8, 4) is 0 Å². The molecule has 1 unspecified atom stereocenters. The average molecular weight is 342 g/mol. The quantitative estimate of drug-likeness (QED) is 0.843. The van der Waals surface area contributed by atoms with Crippen LogP contribution in [0.5, 0.6) is 0 Å². The molecule has 0 radical (unpaired) electrons. The Morgan fingerprint density at radius 1 is 1.20 bits per heavy atom. The van der Waals surface area contributed by atoms with Crippen molar-refractivity contribution in [2.75, 3.05) is 26.2 Å². The van der Waals surface area contributed by atoms with Gasteiger partial charge in [-0.1, -0.05) is 6.42 Å². The van der Waals surface area contributed by atoms with Crippen LogP contribution < -0.4 is 0 Å². The predicted octanol–water partition coefficient (Wildman–Crippen LogP) is 2.04. The Morgan fingerprint density at radius 3 is 2.72 bits per heavy atom. The lowest BCUT2D eigenvalue weighted by molar-refractivity contribution is -0.146. The summed E-state index contributed by atoms with van der Waals surface area (Å²) < 4.78 is 0. The zero-order valence-electron chi connectivity index (χ0n) is 14.9. The fourth-order valence-corrected chi connectivity index (χ4v) is 4.40. The molecular formula is C19H26N4O2. The van der Waals surface area contributed by atoms with Gasteiger partial charge in [-0.3, -0.25) is 14.6 Å². The molecule has 1 aromatic heterocycles. The highest BCUT2D eigenvalue weighted by molar-refractivity contribution is 5.93. The van der Waals surface area contributed by atoms with Gasteiger partial charge in [0, 0.05) is 32.4 Å². The van der Waals surface area contributed by atoms with Gasteiger partial charge in [0.1, 0.15) is 5.69 Å². The second-order valence-electron chi connectivity index (χ2n) is 7.95. The van der Waals surface area contributed by atoms with E-state index in [1.165, 1.54) is 25.5 Å². The van der Waals surface area contributed by atoms with E-state index in [4.69, 9.17) is 0 Å². The summed E-state index contributed by atoms with van der Waals surface area (Å²) in [5, 5.41) is 0. The van der Waals surface area contributed by atoms with E-state index in [0.717, 1.165) is 38.0 Å². The number of carbonyl (C=O) groups excluding carboxylic acids is 2. The molecule has 3 aliphatic rings. The number of hydrogen-bond donors (Lipinski definition) is 0. The maximum atomic E-state index is 13.1. The van der Waals surface area contributed by atoms with Gasteiger partial charge in [0.05, 0.1) is 17.3 Å². The molecule has 134 valence electrons. The number of aromatic nitrogens is 2. The summed E-state index contributed by atoms with van der Waals surface area (Å²) >= 11 is 0. The van der Waals surface area contributed by atoms with E-state index in [2.05, 4.69) is 14.9 Å². The summed E-state index contributed by atoms with van der Waals surface area (Å²) in [6, 6.07) is 0. The van der Waals surface area contributed by atoms with E-state index in [-0.39, 0.29) is 17.2 Å². The smallest absolute Gasteiger partial charge is 0.274 e. The molecule has 0 bridgehead atoms. The third kappa shape index (κ3) is 3.02. The monoisotopic (exact) mass is 342 g/mol. The van der Waals surface area contributed by atoms with Gasteiger partial charge >= 0.3 is 0 Å². The van der Waals surface area contributed by atoms with Gasteiger partial charge < -0.3 is 9.80 Å². The number of piperidine rings is 1. The normalized spacial score (nSPS) is 27.0. The van der Waals surface area contributed by atoms with Crippen LogP contribution in [0.15, 0.2) is 12.4 Å². The zero-order valence-corrected chi connectivity index (χ0v) is 14.9. The highest BCUT2D eigenvalue weighted by atomic mass is 16.2. The van der Waals surface area contributed by atoms with Crippen molar-refractivity contribution >= 4 is 11.8 Å². The Hall–Kier alpha value is -1.98. The molecule has 1 aliphatic carbocycles. The Labute approximate surface area is 148 Å². The first kappa shape index (κ1) is 16.5. The lowest BCUT2D eigenvalue weighted by Crippen LogP contribution is -2.52. The van der Waals surface area contributed by atoms with Crippen molar-refractivity contribution in [1.29, 1.82) is 0 Å². The number of aryl methyl sites for hydroxylation is 1. The Morgan fingerprint density at radius 2 is 2.04 bits per heavy atom. The third-order valence-corrected chi connectivity index (χ3v) is 6.17. The minimum atomic E-state index is -0.365. The Balaban J connectivity index is 1.45.